The number of aryl methyl sites for hydroxylation is 2. The third-order valence-corrected chi connectivity index (χ3v) is 5.88. The molecule has 1 saturated carbocycles. The van der Waals surface area contributed by atoms with Crippen LogP contribution in [0.1, 0.15) is 34.3 Å². The molecule has 0 saturated heterocycles. The van der Waals surface area contributed by atoms with Crippen LogP contribution in [0.3, 0.4) is 0 Å². The molecular formula is C20H22N2O5S. The second-order valence-corrected chi connectivity index (χ2v) is 8.53. The third kappa shape index (κ3) is 4.96. The molecule has 0 spiro atoms. The van der Waals surface area contributed by atoms with Gasteiger partial charge in [0, 0.05) is 11.7 Å². The number of rotatable bonds is 7. The van der Waals surface area contributed by atoms with Crippen LogP contribution in [0, 0.1) is 13.8 Å². The van der Waals surface area contributed by atoms with Gasteiger partial charge in [0.25, 0.3) is 5.91 Å². The largest absolute Gasteiger partial charge is 0.452 e. The van der Waals surface area contributed by atoms with Gasteiger partial charge in [-0.05, 0) is 56.0 Å². The van der Waals surface area contributed by atoms with Crippen molar-refractivity contribution in [3.63, 3.8) is 0 Å². The van der Waals surface area contributed by atoms with Crippen LogP contribution < -0.4 is 10.0 Å². The summed E-state index contributed by atoms with van der Waals surface area (Å²) in [5.41, 5.74) is 2.56. The van der Waals surface area contributed by atoms with E-state index in [-0.39, 0.29) is 16.5 Å². The second kappa shape index (κ2) is 8.12. The van der Waals surface area contributed by atoms with E-state index < -0.39 is 28.5 Å². The first kappa shape index (κ1) is 20.0. The molecule has 1 fully saturated rings. The fourth-order valence-corrected chi connectivity index (χ4v) is 4.03. The van der Waals surface area contributed by atoms with Gasteiger partial charge in [0.2, 0.25) is 10.0 Å². The minimum atomic E-state index is -3.67. The van der Waals surface area contributed by atoms with Crippen LogP contribution >= 0.6 is 0 Å². The lowest BCUT2D eigenvalue weighted by Crippen LogP contribution is -2.26. The quantitative estimate of drug-likeness (QED) is 0.693. The average Bonchev–Trinajstić information content (AvgIpc) is 3.46. The van der Waals surface area contributed by atoms with Gasteiger partial charge in [-0.2, -0.15) is 0 Å². The summed E-state index contributed by atoms with van der Waals surface area (Å²) in [6.07, 6.45) is 1.63. The van der Waals surface area contributed by atoms with Crippen LogP contribution in [0.25, 0.3) is 0 Å². The van der Waals surface area contributed by atoms with E-state index in [1.807, 2.05) is 32.0 Å². The van der Waals surface area contributed by atoms with Crippen molar-refractivity contribution in [3.05, 3.63) is 59.2 Å². The Bertz CT molecular complexity index is 993. The summed E-state index contributed by atoms with van der Waals surface area (Å²) in [7, 11) is -3.67. The van der Waals surface area contributed by atoms with E-state index in [1.165, 1.54) is 24.3 Å². The van der Waals surface area contributed by atoms with Gasteiger partial charge in [-0.3, -0.25) is 4.79 Å². The van der Waals surface area contributed by atoms with Gasteiger partial charge in [-0.15, -0.1) is 0 Å². The van der Waals surface area contributed by atoms with Crippen molar-refractivity contribution >= 4 is 27.6 Å². The number of carbonyl (C=O) groups is 2. The molecule has 0 aromatic heterocycles. The van der Waals surface area contributed by atoms with Gasteiger partial charge in [-0.25, -0.2) is 17.9 Å². The summed E-state index contributed by atoms with van der Waals surface area (Å²) < 4.78 is 32.1. The van der Waals surface area contributed by atoms with Crippen molar-refractivity contribution in [3.8, 4) is 0 Å². The standard InChI is InChI=1S/C20H22N2O5S/c1-13-5-3-6-14(2)19(13)21-18(23)12-27-20(24)15-7-4-8-17(11-15)28(25,26)22-16-9-10-16/h3-8,11,16,22H,9-10,12H2,1-2H3,(H,21,23). The molecule has 28 heavy (non-hydrogen) atoms. The molecule has 0 aliphatic heterocycles. The lowest BCUT2D eigenvalue weighted by molar-refractivity contribution is -0.119. The van der Waals surface area contributed by atoms with Gasteiger partial charge in [-0.1, -0.05) is 24.3 Å². The molecule has 3 rings (SSSR count). The van der Waals surface area contributed by atoms with Gasteiger partial charge in [0.1, 0.15) is 0 Å². The van der Waals surface area contributed by atoms with E-state index in [0.29, 0.717) is 5.69 Å². The first-order valence-electron chi connectivity index (χ1n) is 8.92. The van der Waals surface area contributed by atoms with E-state index >= 15 is 0 Å². The first-order chi connectivity index (χ1) is 13.3. The average molecular weight is 402 g/mol. The Morgan fingerprint density at radius 1 is 1.07 bits per heavy atom. The molecule has 0 heterocycles. The van der Waals surface area contributed by atoms with Gasteiger partial charge < -0.3 is 10.1 Å². The minimum Gasteiger partial charge on any atom is -0.452 e. The summed E-state index contributed by atoms with van der Waals surface area (Å²) in [5.74, 6) is -1.23. The maximum atomic E-state index is 12.3. The summed E-state index contributed by atoms with van der Waals surface area (Å²) in [5, 5.41) is 2.73. The predicted molar refractivity (Wildman–Crippen MR) is 105 cm³/mol. The molecule has 2 N–H and O–H groups in total. The van der Waals surface area contributed by atoms with Crippen LogP contribution in [-0.2, 0) is 19.6 Å². The fourth-order valence-electron chi connectivity index (χ4n) is 2.68. The zero-order chi connectivity index (χ0) is 20.3. The molecular weight excluding hydrogens is 380 g/mol. The highest BCUT2D eigenvalue weighted by Crippen LogP contribution is 2.23. The predicted octanol–water partition coefficient (Wildman–Crippen LogP) is 2.54. The smallest absolute Gasteiger partial charge is 0.338 e. The van der Waals surface area contributed by atoms with Crippen molar-refractivity contribution in [1.82, 2.24) is 4.72 Å². The van der Waals surface area contributed by atoms with Crippen molar-refractivity contribution in [1.29, 1.82) is 0 Å². The van der Waals surface area contributed by atoms with E-state index in [2.05, 4.69) is 10.0 Å². The molecule has 8 heteroatoms. The summed E-state index contributed by atoms with van der Waals surface area (Å²) in [4.78, 5) is 24.3. The highest BCUT2D eigenvalue weighted by molar-refractivity contribution is 7.89. The Morgan fingerprint density at radius 3 is 2.36 bits per heavy atom. The minimum absolute atomic E-state index is 0.00571. The van der Waals surface area contributed by atoms with Crippen molar-refractivity contribution in [2.24, 2.45) is 0 Å². The monoisotopic (exact) mass is 402 g/mol. The van der Waals surface area contributed by atoms with Crippen LogP contribution in [0.15, 0.2) is 47.4 Å². The fraction of sp³-hybridized carbons (Fsp3) is 0.300. The summed E-state index contributed by atoms with van der Waals surface area (Å²) >= 11 is 0. The van der Waals surface area contributed by atoms with Crippen LogP contribution in [0.5, 0.6) is 0 Å². The van der Waals surface area contributed by atoms with Gasteiger partial charge in [0.15, 0.2) is 6.61 Å². The molecule has 0 unspecified atom stereocenters. The van der Waals surface area contributed by atoms with Crippen molar-refractivity contribution in [2.75, 3.05) is 11.9 Å². The van der Waals surface area contributed by atoms with E-state index in [0.717, 1.165) is 24.0 Å². The Hall–Kier alpha value is -2.71. The maximum absolute atomic E-state index is 12.3. The highest BCUT2D eigenvalue weighted by atomic mass is 32.2. The molecule has 0 bridgehead atoms. The normalized spacial score (nSPS) is 13.8. The number of amides is 1. The van der Waals surface area contributed by atoms with Gasteiger partial charge >= 0.3 is 5.97 Å². The van der Waals surface area contributed by atoms with Crippen LogP contribution in [0.2, 0.25) is 0 Å². The molecule has 2 aromatic carbocycles. The molecule has 1 amide bonds. The second-order valence-electron chi connectivity index (χ2n) is 6.81. The molecule has 148 valence electrons. The molecule has 1 aliphatic rings. The number of hydrogen-bond donors (Lipinski definition) is 2. The Kier molecular flexibility index (Phi) is 5.81. The molecule has 1 aliphatic carbocycles. The number of hydrogen-bond acceptors (Lipinski definition) is 5. The van der Waals surface area contributed by atoms with E-state index in [9.17, 15) is 18.0 Å². The van der Waals surface area contributed by atoms with E-state index in [1.54, 1.807) is 0 Å². The molecule has 0 atom stereocenters. The Balaban J connectivity index is 1.62. The zero-order valence-corrected chi connectivity index (χ0v) is 16.5. The number of para-hydroxylation sites is 1. The van der Waals surface area contributed by atoms with Crippen molar-refractivity contribution in [2.45, 2.75) is 37.6 Å². The number of carbonyl (C=O) groups excluding carboxylic acids is 2. The summed E-state index contributed by atoms with van der Waals surface area (Å²) in [6, 6.07) is 11.2. The number of anilines is 1. The zero-order valence-electron chi connectivity index (χ0n) is 15.7. The molecule has 7 nitrogen and oxygen atoms in total. The Labute approximate surface area is 164 Å². The van der Waals surface area contributed by atoms with Crippen LogP contribution in [0.4, 0.5) is 5.69 Å². The van der Waals surface area contributed by atoms with Crippen molar-refractivity contribution < 1.29 is 22.7 Å². The maximum Gasteiger partial charge on any atom is 0.338 e. The number of sulfonamides is 1. The number of esters is 1. The highest BCUT2D eigenvalue weighted by Gasteiger charge is 2.28. The van der Waals surface area contributed by atoms with E-state index in [4.69, 9.17) is 4.74 Å². The topological polar surface area (TPSA) is 102 Å². The van der Waals surface area contributed by atoms with Gasteiger partial charge in [0.05, 0.1) is 10.5 Å². The third-order valence-electron chi connectivity index (χ3n) is 4.36. The lowest BCUT2D eigenvalue weighted by atomic mass is 10.1. The van der Waals surface area contributed by atoms with Crippen LogP contribution in [-0.4, -0.2) is 32.9 Å². The SMILES string of the molecule is Cc1cccc(C)c1NC(=O)COC(=O)c1cccc(S(=O)(=O)NC2CC2)c1. The Morgan fingerprint density at radius 2 is 1.71 bits per heavy atom. The lowest BCUT2D eigenvalue weighted by Gasteiger charge is -2.12. The summed E-state index contributed by atoms with van der Waals surface area (Å²) in [6.45, 7) is 3.27. The molecule has 2 aromatic rings. The molecule has 0 radical (unpaired) electrons. The number of ether oxygens (including phenoxy) is 1. The first-order valence-corrected chi connectivity index (χ1v) is 10.4. The number of benzene rings is 2. The number of nitrogens with one attached hydrogen (secondary N) is 2.